The van der Waals surface area contributed by atoms with E-state index in [9.17, 15) is 4.79 Å². The number of nitrogens with one attached hydrogen (secondary N) is 2. The van der Waals surface area contributed by atoms with Crippen molar-refractivity contribution in [2.75, 3.05) is 20.2 Å². The van der Waals surface area contributed by atoms with E-state index in [0.717, 1.165) is 23.7 Å². The van der Waals surface area contributed by atoms with Crippen molar-refractivity contribution in [2.45, 2.75) is 33.7 Å². The smallest absolute Gasteiger partial charge is 0.221 e. The van der Waals surface area contributed by atoms with Gasteiger partial charge in [-0.3, -0.25) is 4.79 Å². The van der Waals surface area contributed by atoms with Gasteiger partial charge < -0.3 is 15.4 Å². The largest absolute Gasteiger partial charge is 0.481 e. The SMILES string of the molecule is COc1c(CNCCC(=O)NCC(C)C)c(C)nn1C. The first kappa shape index (κ1) is 16.5. The zero-order valence-corrected chi connectivity index (χ0v) is 13.1. The first-order valence-electron chi connectivity index (χ1n) is 6.99. The maximum Gasteiger partial charge on any atom is 0.221 e. The van der Waals surface area contributed by atoms with Gasteiger partial charge in [0.05, 0.1) is 18.4 Å². The highest BCUT2D eigenvalue weighted by atomic mass is 16.5. The molecule has 0 aliphatic carbocycles. The molecule has 0 saturated carbocycles. The van der Waals surface area contributed by atoms with E-state index in [1.807, 2.05) is 14.0 Å². The molecule has 0 aliphatic rings. The minimum Gasteiger partial charge on any atom is -0.481 e. The summed E-state index contributed by atoms with van der Waals surface area (Å²) in [6.45, 7) is 8.14. The third-order valence-electron chi connectivity index (χ3n) is 3.02. The second-order valence-electron chi connectivity index (χ2n) is 5.32. The average molecular weight is 282 g/mol. The van der Waals surface area contributed by atoms with Gasteiger partial charge in [-0.1, -0.05) is 13.8 Å². The fourth-order valence-electron chi connectivity index (χ4n) is 1.96. The number of carbonyl (C=O) groups is 1. The maximum atomic E-state index is 11.6. The molecular weight excluding hydrogens is 256 g/mol. The molecule has 1 rings (SSSR count). The summed E-state index contributed by atoms with van der Waals surface area (Å²) in [7, 11) is 3.49. The Hall–Kier alpha value is -1.56. The molecule has 6 heteroatoms. The van der Waals surface area contributed by atoms with Gasteiger partial charge in [0, 0.05) is 33.1 Å². The van der Waals surface area contributed by atoms with Crippen LogP contribution in [-0.4, -0.2) is 35.9 Å². The Labute approximate surface area is 120 Å². The van der Waals surface area contributed by atoms with E-state index in [2.05, 4.69) is 29.6 Å². The molecule has 2 N–H and O–H groups in total. The molecule has 114 valence electrons. The molecule has 0 unspecified atom stereocenters. The van der Waals surface area contributed by atoms with Crippen molar-refractivity contribution in [3.05, 3.63) is 11.3 Å². The normalized spacial score (nSPS) is 10.9. The van der Waals surface area contributed by atoms with Crippen molar-refractivity contribution in [3.63, 3.8) is 0 Å². The van der Waals surface area contributed by atoms with Gasteiger partial charge in [-0.05, 0) is 12.8 Å². The van der Waals surface area contributed by atoms with E-state index >= 15 is 0 Å². The Morgan fingerprint density at radius 1 is 1.45 bits per heavy atom. The Morgan fingerprint density at radius 2 is 2.15 bits per heavy atom. The van der Waals surface area contributed by atoms with Crippen LogP contribution in [0.2, 0.25) is 0 Å². The number of nitrogens with zero attached hydrogens (tertiary/aromatic N) is 2. The van der Waals surface area contributed by atoms with Gasteiger partial charge >= 0.3 is 0 Å². The first-order chi connectivity index (χ1) is 9.45. The van der Waals surface area contributed by atoms with Gasteiger partial charge in [-0.25, -0.2) is 4.68 Å². The van der Waals surface area contributed by atoms with Crippen LogP contribution in [0.25, 0.3) is 0 Å². The monoisotopic (exact) mass is 282 g/mol. The zero-order valence-electron chi connectivity index (χ0n) is 13.1. The molecule has 0 atom stereocenters. The maximum absolute atomic E-state index is 11.6. The highest BCUT2D eigenvalue weighted by Gasteiger charge is 2.13. The van der Waals surface area contributed by atoms with Crippen LogP contribution >= 0.6 is 0 Å². The Morgan fingerprint density at radius 3 is 2.75 bits per heavy atom. The minimum absolute atomic E-state index is 0.0843. The summed E-state index contributed by atoms with van der Waals surface area (Å²) < 4.78 is 7.05. The van der Waals surface area contributed by atoms with Gasteiger partial charge in [0.25, 0.3) is 0 Å². The van der Waals surface area contributed by atoms with Crippen LogP contribution in [0.15, 0.2) is 0 Å². The van der Waals surface area contributed by atoms with Gasteiger partial charge in [-0.15, -0.1) is 0 Å². The zero-order chi connectivity index (χ0) is 15.1. The van der Waals surface area contributed by atoms with E-state index in [-0.39, 0.29) is 5.91 Å². The fourth-order valence-corrected chi connectivity index (χ4v) is 1.96. The number of carbonyl (C=O) groups excluding carboxylic acids is 1. The summed E-state index contributed by atoms with van der Waals surface area (Å²) in [6.07, 6.45) is 0.481. The number of methoxy groups -OCH3 is 1. The molecular formula is C14H26N4O2. The molecule has 0 spiro atoms. The van der Waals surface area contributed by atoms with E-state index in [1.165, 1.54) is 0 Å². The highest BCUT2D eigenvalue weighted by molar-refractivity contribution is 5.76. The molecule has 6 nitrogen and oxygen atoms in total. The molecule has 0 aromatic carbocycles. The van der Waals surface area contributed by atoms with Crippen molar-refractivity contribution < 1.29 is 9.53 Å². The number of hydrogen-bond acceptors (Lipinski definition) is 4. The number of hydrogen-bond donors (Lipinski definition) is 2. The second-order valence-corrected chi connectivity index (χ2v) is 5.32. The van der Waals surface area contributed by atoms with E-state index in [0.29, 0.717) is 25.4 Å². The summed E-state index contributed by atoms with van der Waals surface area (Å²) in [5.41, 5.74) is 1.98. The van der Waals surface area contributed by atoms with Crippen LogP contribution in [0.4, 0.5) is 0 Å². The number of aromatic nitrogens is 2. The lowest BCUT2D eigenvalue weighted by atomic mass is 10.2. The van der Waals surface area contributed by atoms with Gasteiger partial charge in [0.2, 0.25) is 11.8 Å². The Balaban J connectivity index is 2.33. The molecule has 1 aromatic rings. The predicted octanol–water partition coefficient (Wildman–Crippen LogP) is 0.989. The minimum atomic E-state index is 0.0843. The van der Waals surface area contributed by atoms with Crippen molar-refractivity contribution >= 4 is 5.91 Å². The van der Waals surface area contributed by atoms with Gasteiger partial charge in [0.1, 0.15) is 0 Å². The average Bonchev–Trinajstić information content (AvgIpc) is 2.66. The van der Waals surface area contributed by atoms with Gasteiger partial charge in [-0.2, -0.15) is 5.10 Å². The predicted molar refractivity (Wildman–Crippen MR) is 78.7 cm³/mol. The van der Waals surface area contributed by atoms with Crippen LogP contribution < -0.4 is 15.4 Å². The van der Waals surface area contributed by atoms with Crippen molar-refractivity contribution in [3.8, 4) is 5.88 Å². The van der Waals surface area contributed by atoms with Crippen LogP contribution in [0.1, 0.15) is 31.5 Å². The Bertz CT molecular complexity index is 441. The van der Waals surface area contributed by atoms with Gasteiger partial charge in [0.15, 0.2) is 0 Å². The number of amides is 1. The third-order valence-corrected chi connectivity index (χ3v) is 3.02. The topological polar surface area (TPSA) is 68.2 Å². The molecule has 20 heavy (non-hydrogen) atoms. The summed E-state index contributed by atoms with van der Waals surface area (Å²) in [6, 6.07) is 0. The van der Waals surface area contributed by atoms with Crippen LogP contribution in [0.5, 0.6) is 5.88 Å². The molecule has 0 bridgehead atoms. The van der Waals surface area contributed by atoms with E-state index in [4.69, 9.17) is 4.74 Å². The highest BCUT2D eigenvalue weighted by Crippen LogP contribution is 2.20. The third kappa shape index (κ3) is 4.85. The molecule has 1 heterocycles. The number of ether oxygens (including phenoxy) is 1. The summed E-state index contributed by atoms with van der Waals surface area (Å²) in [5.74, 6) is 1.33. The molecule has 1 amide bonds. The van der Waals surface area contributed by atoms with Crippen LogP contribution in [-0.2, 0) is 18.4 Å². The van der Waals surface area contributed by atoms with Crippen molar-refractivity contribution in [1.29, 1.82) is 0 Å². The summed E-state index contributed by atoms with van der Waals surface area (Å²) in [5, 5.41) is 10.5. The van der Waals surface area contributed by atoms with Crippen molar-refractivity contribution in [1.82, 2.24) is 20.4 Å². The van der Waals surface area contributed by atoms with Crippen LogP contribution in [0, 0.1) is 12.8 Å². The lowest BCUT2D eigenvalue weighted by molar-refractivity contribution is -0.121. The van der Waals surface area contributed by atoms with E-state index < -0.39 is 0 Å². The Kier molecular flexibility index (Phi) is 6.51. The molecule has 0 fully saturated rings. The van der Waals surface area contributed by atoms with E-state index in [1.54, 1.807) is 11.8 Å². The lowest BCUT2D eigenvalue weighted by Crippen LogP contribution is -2.30. The standard InChI is InChI=1S/C14H26N4O2/c1-10(2)8-16-13(19)6-7-15-9-12-11(3)17-18(4)14(12)20-5/h10,15H,6-9H2,1-5H3,(H,16,19). The number of rotatable bonds is 8. The molecule has 0 saturated heterocycles. The first-order valence-corrected chi connectivity index (χ1v) is 6.99. The quantitative estimate of drug-likeness (QED) is 0.698. The number of aryl methyl sites for hydroxylation is 2. The lowest BCUT2D eigenvalue weighted by Gasteiger charge is -2.09. The van der Waals surface area contributed by atoms with Crippen molar-refractivity contribution in [2.24, 2.45) is 13.0 Å². The summed E-state index contributed by atoms with van der Waals surface area (Å²) >= 11 is 0. The molecule has 0 aliphatic heterocycles. The van der Waals surface area contributed by atoms with Crippen LogP contribution in [0.3, 0.4) is 0 Å². The molecule has 0 radical (unpaired) electrons. The fraction of sp³-hybridized carbons (Fsp3) is 0.714. The molecule has 1 aromatic heterocycles. The summed E-state index contributed by atoms with van der Waals surface area (Å²) in [4.78, 5) is 11.6. The second kappa shape index (κ2) is 7.89.